The normalized spacial score (nSPS) is 22.6. The Labute approximate surface area is 241 Å². The van der Waals surface area contributed by atoms with E-state index >= 15 is 0 Å². The Kier molecular flexibility index (Phi) is 9.59. The fourth-order valence-electron chi connectivity index (χ4n) is 5.51. The second kappa shape index (κ2) is 13.3. The number of hydrogen-bond donors (Lipinski definition) is 3. The highest BCUT2D eigenvalue weighted by molar-refractivity contribution is 8.02. The minimum Gasteiger partial charge on any atom is -0.392 e. The Morgan fingerprint density at radius 3 is 2.27 bits per heavy atom. The van der Waals surface area contributed by atoms with E-state index in [1.54, 1.807) is 12.1 Å². The highest BCUT2D eigenvalue weighted by Gasteiger charge is 2.40. The molecular formula is C31H37N3O4S2. The van der Waals surface area contributed by atoms with E-state index in [4.69, 9.17) is 0 Å². The minimum absolute atomic E-state index is 0.0696. The number of carbonyl (C=O) groups is 1. The standard InChI is InChI=1S/C31H37N3O4S2/c35-29-14-8-7-13-28(29)32-20-19-27(25-11-5-2-6-12-25)33-30(36)31-34(21-22-39-31)40(37,38)26-17-15-24(16-18-26)23-9-3-1-4-10-23/h1-6,9-12,15-18,27-29,31-32,35H,7-8,13-14,19-22H2,(H,33,36). The third-order valence-corrected chi connectivity index (χ3v) is 10.9. The van der Waals surface area contributed by atoms with Crippen molar-refractivity contribution in [1.29, 1.82) is 0 Å². The van der Waals surface area contributed by atoms with Crippen LogP contribution in [0.15, 0.2) is 89.8 Å². The van der Waals surface area contributed by atoms with Gasteiger partial charge < -0.3 is 15.7 Å². The lowest BCUT2D eigenvalue weighted by Gasteiger charge is -2.30. The van der Waals surface area contributed by atoms with Crippen molar-refractivity contribution in [1.82, 2.24) is 14.9 Å². The molecule has 1 saturated carbocycles. The summed E-state index contributed by atoms with van der Waals surface area (Å²) < 4.78 is 28.6. The van der Waals surface area contributed by atoms with Gasteiger partial charge in [0.1, 0.15) is 5.37 Å². The molecule has 0 spiro atoms. The molecule has 0 aromatic heterocycles. The van der Waals surface area contributed by atoms with Crippen molar-refractivity contribution in [2.45, 2.75) is 60.6 Å². The molecule has 0 radical (unpaired) electrons. The maximum absolute atomic E-state index is 13.6. The zero-order chi connectivity index (χ0) is 28.0. The van der Waals surface area contributed by atoms with Crippen molar-refractivity contribution in [3.8, 4) is 11.1 Å². The van der Waals surface area contributed by atoms with Crippen LogP contribution >= 0.6 is 11.8 Å². The lowest BCUT2D eigenvalue weighted by atomic mass is 9.92. The van der Waals surface area contributed by atoms with Crippen LogP contribution in [0, 0.1) is 0 Å². The topological polar surface area (TPSA) is 98.7 Å². The van der Waals surface area contributed by atoms with Crippen LogP contribution in [0.25, 0.3) is 11.1 Å². The zero-order valence-electron chi connectivity index (χ0n) is 22.5. The number of rotatable bonds is 10. The van der Waals surface area contributed by atoms with Crippen LogP contribution in [-0.4, -0.2) is 60.1 Å². The lowest BCUT2D eigenvalue weighted by molar-refractivity contribution is -0.122. The van der Waals surface area contributed by atoms with E-state index in [0.717, 1.165) is 42.4 Å². The zero-order valence-corrected chi connectivity index (χ0v) is 24.1. The number of thioether (sulfide) groups is 1. The van der Waals surface area contributed by atoms with Gasteiger partial charge in [-0.05, 0) is 54.6 Å². The van der Waals surface area contributed by atoms with Crippen LogP contribution in [0.2, 0.25) is 0 Å². The second-order valence-electron chi connectivity index (χ2n) is 10.4. The van der Waals surface area contributed by atoms with Crippen molar-refractivity contribution >= 4 is 27.7 Å². The first-order valence-corrected chi connectivity index (χ1v) is 16.5. The summed E-state index contributed by atoms with van der Waals surface area (Å²) >= 11 is 1.35. The molecule has 3 aromatic rings. The third kappa shape index (κ3) is 6.78. The molecule has 9 heteroatoms. The number of aliphatic hydroxyl groups excluding tert-OH is 1. The van der Waals surface area contributed by atoms with Gasteiger partial charge in [-0.25, -0.2) is 8.42 Å². The van der Waals surface area contributed by atoms with Gasteiger partial charge in [0.2, 0.25) is 15.9 Å². The molecule has 7 nitrogen and oxygen atoms in total. The average Bonchev–Trinajstić information content (AvgIpc) is 3.50. The van der Waals surface area contributed by atoms with Gasteiger partial charge in [0.05, 0.1) is 17.0 Å². The first-order valence-electron chi connectivity index (χ1n) is 14.0. The van der Waals surface area contributed by atoms with E-state index in [1.165, 1.54) is 16.1 Å². The summed E-state index contributed by atoms with van der Waals surface area (Å²) in [6, 6.07) is 26.2. The third-order valence-electron chi connectivity index (χ3n) is 7.73. The predicted octanol–water partition coefficient (Wildman–Crippen LogP) is 4.56. The van der Waals surface area contributed by atoms with E-state index < -0.39 is 15.4 Å². The maximum Gasteiger partial charge on any atom is 0.249 e. The number of sulfonamides is 1. The molecule has 1 aliphatic heterocycles. The van der Waals surface area contributed by atoms with Gasteiger partial charge in [-0.3, -0.25) is 4.79 Å². The molecule has 2 aliphatic rings. The number of amides is 1. The van der Waals surface area contributed by atoms with Gasteiger partial charge in [0.25, 0.3) is 0 Å². The van der Waals surface area contributed by atoms with Gasteiger partial charge >= 0.3 is 0 Å². The highest BCUT2D eigenvalue weighted by atomic mass is 32.2. The van der Waals surface area contributed by atoms with Crippen molar-refractivity contribution in [3.05, 3.63) is 90.5 Å². The van der Waals surface area contributed by atoms with Gasteiger partial charge in [0.15, 0.2) is 0 Å². The smallest absolute Gasteiger partial charge is 0.249 e. The quantitative estimate of drug-likeness (QED) is 0.326. The van der Waals surface area contributed by atoms with Crippen molar-refractivity contribution in [2.75, 3.05) is 18.8 Å². The number of benzene rings is 3. The molecular weight excluding hydrogens is 542 g/mol. The number of nitrogens with one attached hydrogen (secondary N) is 2. The molecule has 1 saturated heterocycles. The predicted molar refractivity (Wildman–Crippen MR) is 160 cm³/mol. The van der Waals surface area contributed by atoms with Gasteiger partial charge in [-0.15, -0.1) is 11.8 Å². The molecule has 3 N–H and O–H groups in total. The van der Waals surface area contributed by atoms with Crippen LogP contribution in [0.1, 0.15) is 43.7 Å². The number of hydrogen-bond acceptors (Lipinski definition) is 6. The van der Waals surface area contributed by atoms with E-state index in [9.17, 15) is 18.3 Å². The summed E-state index contributed by atoms with van der Waals surface area (Å²) in [5.74, 6) is 0.245. The second-order valence-corrected chi connectivity index (χ2v) is 13.5. The maximum atomic E-state index is 13.6. The van der Waals surface area contributed by atoms with E-state index in [0.29, 0.717) is 18.7 Å². The Morgan fingerprint density at radius 1 is 0.925 bits per heavy atom. The molecule has 0 bridgehead atoms. The van der Waals surface area contributed by atoms with Gasteiger partial charge in [-0.1, -0.05) is 85.6 Å². The summed E-state index contributed by atoms with van der Waals surface area (Å²) in [5, 5.41) is 16.1. The first kappa shape index (κ1) is 28.8. The van der Waals surface area contributed by atoms with Crippen LogP contribution in [0.4, 0.5) is 0 Å². The Bertz CT molecular complexity index is 1350. The Morgan fingerprint density at radius 2 is 1.57 bits per heavy atom. The van der Waals surface area contributed by atoms with Gasteiger partial charge in [0, 0.05) is 18.3 Å². The molecule has 4 atom stereocenters. The molecule has 1 aliphatic carbocycles. The molecule has 1 amide bonds. The van der Waals surface area contributed by atoms with Gasteiger partial charge in [-0.2, -0.15) is 4.31 Å². The summed E-state index contributed by atoms with van der Waals surface area (Å²) in [6.07, 6.45) is 4.21. The average molecular weight is 580 g/mol. The highest BCUT2D eigenvalue weighted by Crippen LogP contribution is 2.32. The molecule has 5 rings (SSSR count). The van der Waals surface area contributed by atoms with E-state index in [1.807, 2.05) is 72.8 Å². The monoisotopic (exact) mass is 579 g/mol. The molecule has 40 heavy (non-hydrogen) atoms. The number of aliphatic hydroxyl groups is 1. The van der Waals surface area contributed by atoms with Crippen molar-refractivity contribution in [3.63, 3.8) is 0 Å². The van der Waals surface area contributed by atoms with Crippen LogP contribution in [0.3, 0.4) is 0 Å². The first-order chi connectivity index (χ1) is 19.4. The Balaban J connectivity index is 1.27. The SMILES string of the molecule is O=C(NC(CCNC1CCCCC1O)c1ccccc1)C1SCCN1S(=O)(=O)c1ccc(-c2ccccc2)cc1. The largest absolute Gasteiger partial charge is 0.392 e. The van der Waals surface area contributed by atoms with E-state index in [2.05, 4.69) is 10.6 Å². The Hall–Kier alpha value is -2.69. The lowest BCUT2D eigenvalue weighted by Crippen LogP contribution is -2.46. The molecule has 3 aromatic carbocycles. The molecule has 4 unspecified atom stereocenters. The summed E-state index contributed by atoms with van der Waals surface area (Å²) in [5.41, 5.74) is 2.92. The summed E-state index contributed by atoms with van der Waals surface area (Å²) in [7, 11) is -3.86. The molecule has 2 fully saturated rings. The van der Waals surface area contributed by atoms with Crippen LogP contribution < -0.4 is 10.6 Å². The summed E-state index contributed by atoms with van der Waals surface area (Å²) in [4.78, 5) is 13.8. The van der Waals surface area contributed by atoms with Crippen molar-refractivity contribution in [2.24, 2.45) is 0 Å². The minimum atomic E-state index is -3.86. The summed E-state index contributed by atoms with van der Waals surface area (Å²) in [6.45, 7) is 0.914. The van der Waals surface area contributed by atoms with E-state index in [-0.39, 0.29) is 35.5 Å². The van der Waals surface area contributed by atoms with Crippen LogP contribution in [-0.2, 0) is 14.8 Å². The molecule has 212 valence electrons. The van der Waals surface area contributed by atoms with Crippen LogP contribution in [0.5, 0.6) is 0 Å². The fraction of sp³-hybridized carbons (Fsp3) is 0.387. The molecule has 1 heterocycles. The number of nitrogens with zero attached hydrogens (tertiary/aromatic N) is 1. The van der Waals surface area contributed by atoms with Crippen molar-refractivity contribution < 1.29 is 18.3 Å². The fourth-order valence-corrected chi connectivity index (χ4v) is 8.59. The number of carbonyl (C=O) groups excluding carboxylic acids is 1.